The summed E-state index contributed by atoms with van der Waals surface area (Å²) in [5.41, 5.74) is 2.44. The lowest BCUT2D eigenvalue weighted by Gasteiger charge is -2.06. The van der Waals surface area contributed by atoms with Gasteiger partial charge in [-0.2, -0.15) is 5.10 Å². The molecule has 0 fully saturated rings. The Labute approximate surface area is 116 Å². The van der Waals surface area contributed by atoms with Crippen molar-refractivity contribution in [1.82, 2.24) is 9.78 Å². The van der Waals surface area contributed by atoms with E-state index in [1.807, 2.05) is 0 Å². The molecule has 5 heteroatoms. The monoisotopic (exact) mass is 278 g/mol. The third-order valence-electron chi connectivity index (χ3n) is 3.24. The fourth-order valence-corrected chi connectivity index (χ4v) is 2.31. The number of carbonyl (C=O) groups excluding carboxylic acids is 1. The third-order valence-corrected chi connectivity index (χ3v) is 3.24. The first-order valence-electron chi connectivity index (χ1n) is 6.44. The van der Waals surface area contributed by atoms with Crippen LogP contribution < -0.4 is 0 Å². The minimum absolute atomic E-state index is 0.0247. The Bertz CT molecular complexity index is 642. The van der Waals surface area contributed by atoms with Gasteiger partial charge < -0.3 is 0 Å². The highest BCUT2D eigenvalue weighted by Crippen LogP contribution is 2.17. The maximum atomic E-state index is 13.2. The molecule has 0 atom stereocenters. The highest BCUT2D eigenvalue weighted by molar-refractivity contribution is 5.97. The lowest BCUT2D eigenvalue weighted by Crippen LogP contribution is -2.06. The van der Waals surface area contributed by atoms with Crippen molar-refractivity contribution in [3.05, 3.63) is 52.3 Å². The van der Waals surface area contributed by atoms with Crippen LogP contribution in [0.15, 0.2) is 18.2 Å². The van der Waals surface area contributed by atoms with Crippen LogP contribution in [-0.4, -0.2) is 15.6 Å². The number of ketones is 1. The van der Waals surface area contributed by atoms with E-state index in [9.17, 15) is 13.6 Å². The zero-order chi connectivity index (χ0) is 14.9. The maximum Gasteiger partial charge on any atom is 0.166 e. The van der Waals surface area contributed by atoms with Crippen LogP contribution in [0.4, 0.5) is 8.78 Å². The van der Waals surface area contributed by atoms with E-state index in [4.69, 9.17) is 0 Å². The molecule has 0 unspecified atom stereocenters. The zero-order valence-corrected chi connectivity index (χ0v) is 11.7. The maximum absolute atomic E-state index is 13.2. The Morgan fingerprint density at radius 1 is 1.20 bits per heavy atom. The molecule has 3 nitrogen and oxygen atoms in total. The second-order valence-electron chi connectivity index (χ2n) is 4.76. The molecule has 1 heterocycles. The smallest absolute Gasteiger partial charge is 0.166 e. The van der Waals surface area contributed by atoms with Gasteiger partial charge in [-0.3, -0.25) is 9.48 Å². The molecule has 106 valence electrons. The molecule has 0 radical (unpaired) electrons. The molecule has 0 N–H and O–H groups in total. The van der Waals surface area contributed by atoms with Crippen molar-refractivity contribution < 1.29 is 13.6 Å². The number of aromatic nitrogens is 2. The lowest BCUT2D eigenvalue weighted by atomic mass is 10.1. The molecule has 0 aliphatic heterocycles. The highest BCUT2D eigenvalue weighted by atomic mass is 19.1. The molecule has 2 aromatic rings. The molecular formula is C15H16F2N2O. The number of carbonyl (C=O) groups is 1. The second kappa shape index (κ2) is 5.53. The van der Waals surface area contributed by atoms with Crippen molar-refractivity contribution in [2.45, 2.75) is 33.7 Å². The predicted octanol–water partition coefficient (Wildman–Crippen LogP) is 3.42. The summed E-state index contributed by atoms with van der Waals surface area (Å²) in [5.74, 6) is -1.21. The van der Waals surface area contributed by atoms with Crippen LogP contribution in [0.25, 0.3) is 0 Å². The van der Waals surface area contributed by atoms with Gasteiger partial charge in [0.2, 0.25) is 0 Å². The van der Waals surface area contributed by atoms with Crippen molar-refractivity contribution in [2.75, 3.05) is 0 Å². The predicted molar refractivity (Wildman–Crippen MR) is 71.8 cm³/mol. The molecule has 0 saturated heterocycles. The first-order chi connectivity index (χ1) is 9.42. The van der Waals surface area contributed by atoms with Crippen LogP contribution in [0.3, 0.4) is 0 Å². The van der Waals surface area contributed by atoms with Crippen LogP contribution in [-0.2, 0) is 6.54 Å². The summed E-state index contributed by atoms with van der Waals surface area (Å²) >= 11 is 0. The van der Waals surface area contributed by atoms with Gasteiger partial charge in [-0.15, -0.1) is 0 Å². The zero-order valence-electron chi connectivity index (χ0n) is 11.7. The van der Waals surface area contributed by atoms with Gasteiger partial charge >= 0.3 is 0 Å². The number of rotatable bonds is 4. The van der Waals surface area contributed by atoms with Gasteiger partial charge in [-0.1, -0.05) is 6.92 Å². The molecule has 20 heavy (non-hydrogen) atoms. The Hall–Kier alpha value is -2.04. The van der Waals surface area contributed by atoms with Gasteiger partial charge in [0.1, 0.15) is 11.6 Å². The summed E-state index contributed by atoms with van der Waals surface area (Å²) in [6, 6.07) is 3.36. The quantitative estimate of drug-likeness (QED) is 0.803. The fourth-order valence-electron chi connectivity index (χ4n) is 2.31. The summed E-state index contributed by atoms with van der Waals surface area (Å²) in [6.45, 7) is 5.58. The van der Waals surface area contributed by atoms with Crippen molar-refractivity contribution in [1.29, 1.82) is 0 Å². The van der Waals surface area contributed by atoms with Crippen molar-refractivity contribution >= 4 is 5.78 Å². The SMILES string of the molecule is CCC(=O)c1c(C)nn(Cc2cc(F)cc(F)c2)c1C. The third kappa shape index (κ3) is 2.76. The number of Topliss-reactive ketones (excluding diaryl/α,β-unsaturated/α-hetero) is 1. The van der Waals surface area contributed by atoms with Crippen LogP contribution in [0.1, 0.15) is 40.7 Å². The first-order valence-corrected chi connectivity index (χ1v) is 6.44. The van der Waals surface area contributed by atoms with E-state index >= 15 is 0 Å². The second-order valence-corrected chi connectivity index (χ2v) is 4.76. The van der Waals surface area contributed by atoms with E-state index in [0.29, 0.717) is 23.2 Å². The van der Waals surface area contributed by atoms with Crippen LogP contribution in [0.5, 0.6) is 0 Å². The average Bonchev–Trinajstić information content (AvgIpc) is 2.62. The molecule has 0 amide bonds. The normalized spacial score (nSPS) is 10.8. The van der Waals surface area contributed by atoms with Crippen molar-refractivity contribution in [3.63, 3.8) is 0 Å². The molecule has 1 aromatic heterocycles. The summed E-state index contributed by atoms with van der Waals surface area (Å²) in [7, 11) is 0. The van der Waals surface area contributed by atoms with Gasteiger partial charge in [0.05, 0.1) is 17.8 Å². The van der Waals surface area contributed by atoms with Crippen LogP contribution >= 0.6 is 0 Å². The number of hydrogen-bond acceptors (Lipinski definition) is 2. The fraction of sp³-hybridized carbons (Fsp3) is 0.333. The van der Waals surface area contributed by atoms with Gasteiger partial charge in [-0.25, -0.2) is 8.78 Å². The van der Waals surface area contributed by atoms with Crippen LogP contribution in [0, 0.1) is 25.5 Å². The van der Waals surface area contributed by atoms with Gasteiger partial charge in [0.25, 0.3) is 0 Å². The topological polar surface area (TPSA) is 34.9 Å². The van der Waals surface area contributed by atoms with Crippen LogP contribution in [0.2, 0.25) is 0 Å². The molecule has 1 aromatic carbocycles. The molecule has 0 saturated carbocycles. The molecule has 0 bridgehead atoms. The van der Waals surface area contributed by atoms with E-state index in [2.05, 4.69) is 5.10 Å². The Balaban J connectivity index is 2.37. The summed E-state index contributed by atoms with van der Waals surface area (Å²) < 4.78 is 28.0. The lowest BCUT2D eigenvalue weighted by molar-refractivity contribution is 0.0987. The Kier molecular flexibility index (Phi) is 3.97. The number of nitrogens with zero attached hydrogens (tertiary/aromatic N) is 2. The minimum Gasteiger partial charge on any atom is -0.294 e. The van der Waals surface area contributed by atoms with E-state index < -0.39 is 11.6 Å². The van der Waals surface area contributed by atoms with E-state index in [1.54, 1.807) is 25.5 Å². The molecule has 2 rings (SSSR count). The van der Waals surface area contributed by atoms with Gasteiger partial charge in [0, 0.05) is 18.2 Å². The molecule has 0 aliphatic rings. The number of halogens is 2. The highest BCUT2D eigenvalue weighted by Gasteiger charge is 2.17. The van der Waals surface area contributed by atoms with E-state index in [1.165, 1.54) is 12.1 Å². The Morgan fingerprint density at radius 2 is 1.80 bits per heavy atom. The molecule has 0 aliphatic carbocycles. The summed E-state index contributed by atoms with van der Waals surface area (Å²) in [6.07, 6.45) is 0.405. The van der Waals surface area contributed by atoms with Gasteiger partial charge in [-0.05, 0) is 31.5 Å². The van der Waals surface area contributed by atoms with Crippen molar-refractivity contribution in [3.8, 4) is 0 Å². The van der Waals surface area contributed by atoms with E-state index in [-0.39, 0.29) is 12.3 Å². The van der Waals surface area contributed by atoms with Gasteiger partial charge in [0.15, 0.2) is 5.78 Å². The standard InChI is InChI=1S/C15H16F2N2O/c1-4-14(20)15-9(2)18-19(10(15)3)8-11-5-12(16)7-13(17)6-11/h5-7H,4,8H2,1-3H3. The average molecular weight is 278 g/mol. The number of hydrogen-bond donors (Lipinski definition) is 0. The summed E-state index contributed by atoms with van der Waals surface area (Å²) in [4.78, 5) is 11.9. The summed E-state index contributed by atoms with van der Waals surface area (Å²) in [5, 5.41) is 4.28. The molecule has 0 spiro atoms. The molecular weight excluding hydrogens is 262 g/mol. The first kappa shape index (κ1) is 14.4. The Morgan fingerprint density at radius 3 is 2.35 bits per heavy atom. The van der Waals surface area contributed by atoms with E-state index in [0.717, 1.165) is 11.8 Å². The van der Waals surface area contributed by atoms with Crippen molar-refractivity contribution in [2.24, 2.45) is 0 Å². The number of aryl methyl sites for hydroxylation is 1. The number of benzene rings is 1. The largest absolute Gasteiger partial charge is 0.294 e. The minimum atomic E-state index is -0.619.